The maximum absolute atomic E-state index is 12.9. The number of thiazole rings is 1. The lowest BCUT2D eigenvalue weighted by Gasteiger charge is -2.34. The molecular formula is C23H22F3N5OS. The molecule has 10 heteroatoms. The Kier molecular flexibility index (Phi) is 6.91. The summed E-state index contributed by atoms with van der Waals surface area (Å²) in [5.74, 6) is 6.39. The van der Waals surface area contributed by atoms with Crippen molar-refractivity contribution in [1.82, 2.24) is 24.6 Å². The number of carbonyl (C=O) groups is 1. The fraction of sp³-hybridized carbons (Fsp3) is 0.391. The Bertz CT molecular complexity index is 1150. The van der Waals surface area contributed by atoms with Crippen LogP contribution >= 0.6 is 11.3 Å². The molecule has 0 spiro atoms. The van der Waals surface area contributed by atoms with Crippen molar-refractivity contribution in [2.45, 2.75) is 44.4 Å². The predicted octanol–water partition coefficient (Wildman–Crippen LogP) is 3.91. The standard InChI is InChI=1S/C23H22F3N5OS/c1-16-11-21(23(24,25)26)29-31(16)13-20(14-32)30-9-6-18(7-10-30)22-28-19(15-33-22)5-4-17-3-2-8-27-12-17/h2-3,8,11-12,14-15,18,20H,6-7,9-10,13H2,1H3. The number of aldehydes is 1. The van der Waals surface area contributed by atoms with E-state index in [1.54, 1.807) is 30.7 Å². The Morgan fingerprint density at radius 2 is 2.09 bits per heavy atom. The van der Waals surface area contributed by atoms with E-state index in [4.69, 9.17) is 0 Å². The first-order valence-electron chi connectivity index (χ1n) is 10.5. The third kappa shape index (κ3) is 5.67. The van der Waals surface area contributed by atoms with Gasteiger partial charge in [0.1, 0.15) is 12.0 Å². The van der Waals surface area contributed by atoms with Crippen molar-refractivity contribution >= 4 is 17.6 Å². The summed E-state index contributed by atoms with van der Waals surface area (Å²) in [6.45, 7) is 2.99. The van der Waals surface area contributed by atoms with E-state index in [2.05, 4.69) is 26.9 Å². The molecule has 1 aliphatic heterocycles. The summed E-state index contributed by atoms with van der Waals surface area (Å²) in [6, 6.07) is 4.20. The topological polar surface area (TPSA) is 63.9 Å². The third-order valence-electron chi connectivity index (χ3n) is 5.65. The SMILES string of the molecule is Cc1cc(C(F)(F)F)nn1CC(C=O)N1CCC(c2nc(C#Cc3cccnc3)cs2)CC1. The summed E-state index contributed by atoms with van der Waals surface area (Å²) in [5.41, 5.74) is 0.998. The Morgan fingerprint density at radius 1 is 1.30 bits per heavy atom. The number of aromatic nitrogens is 4. The molecule has 0 aliphatic carbocycles. The molecule has 0 radical (unpaired) electrons. The molecule has 0 N–H and O–H groups in total. The fourth-order valence-corrected chi connectivity index (χ4v) is 4.76. The first kappa shape index (κ1) is 23.1. The largest absolute Gasteiger partial charge is 0.435 e. The zero-order chi connectivity index (χ0) is 23.4. The molecule has 33 heavy (non-hydrogen) atoms. The minimum Gasteiger partial charge on any atom is -0.302 e. The van der Waals surface area contributed by atoms with Gasteiger partial charge in [0.25, 0.3) is 0 Å². The third-order valence-corrected chi connectivity index (χ3v) is 6.66. The number of hydrogen-bond donors (Lipinski definition) is 0. The molecule has 0 saturated carbocycles. The molecule has 6 nitrogen and oxygen atoms in total. The van der Waals surface area contributed by atoms with E-state index in [0.29, 0.717) is 18.8 Å². The highest BCUT2D eigenvalue weighted by Gasteiger charge is 2.35. The van der Waals surface area contributed by atoms with Crippen LogP contribution < -0.4 is 0 Å². The highest BCUT2D eigenvalue weighted by molar-refractivity contribution is 7.09. The van der Waals surface area contributed by atoms with E-state index < -0.39 is 17.9 Å². The van der Waals surface area contributed by atoms with Gasteiger partial charge in [0.05, 0.1) is 17.6 Å². The molecule has 4 rings (SSSR count). The van der Waals surface area contributed by atoms with Gasteiger partial charge in [-0.2, -0.15) is 18.3 Å². The molecule has 3 aromatic heterocycles. The van der Waals surface area contributed by atoms with Crippen molar-refractivity contribution in [3.8, 4) is 11.8 Å². The number of carbonyl (C=O) groups excluding carboxylic acids is 1. The number of pyridine rings is 1. The maximum atomic E-state index is 12.9. The van der Waals surface area contributed by atoms with Crippen LogP contribution in [0.5, 0.6) is 0 Å². The number of aryl methyl sites for hydroxylation is 1. The van der Waals surface area contributed by atoms with Crippen LogP contribution in [-0.2, 0) is 17.5 Å². The molecule has 1 fully saturated rings. The van der Waals surface area contributed by atoms with Crippen molar-refractivity contribution in [2.24, 2.45) is 0 Å². The lowest BCUT2D eigenvalue weighted by atomic mass is 9.96. The fourth-order valence-electron chi connectivity index (χ4n) is 3.84. The first-order chi connectivity index (χ1) is 15.8. The Morgan fingerprint density at radius 3 is 2.73 bits per heavy atom. The highest BCUT2D eigenvalue weighted by atomic mass is 32.1. The zero-order valence-corrected chi connectivity index (χ0v) is 18.7. The van der Waals surface area contributed by atoms with Gasteiger partial charge in [0.15, 0.2) is 5.69 Å². The van der Waals surface area contributed by atoms with Gasteiger partial charge in [-0.1, -0.05) is 5.92 Å². The second-order valence-electron chi connectivity index (χ2n) is 7.93. The smallest absolute Gasteiger partial charge is 0.302 e. The maximum Gasteiger partial charge on any atom is 0.435 e. The van der Waals surface area contributed by atoms with E-state index in [0.717, 1.165) is 41.5 Å². The Labute approximate surface area is 193 Å². The number of rotatable bonds is 5. The molecule has 1 saturated heterocycles. The van der Waals surface area contributed by atoms with Gasteiger partial charge in [-0.25, -0.2) is 4.98 Å². The van der Waals surface area contributed by atoms with Crippen LogP contribution in [0.2, 0.25) is 0 Å². The van der Waals surface area contributed by atoms with Crippen molar-refractivity contribution in [1.29, 1.82) is 0 Å². The van der Waals surface area contributed by atoms with E-state index in [9.17, 15) is 18.0 Å². The van der Waals surface area contributed by atoms with E-state index in [1.807, 2.05) is 22.4 Å². The number of piperidine rings is 1. The lowest BCUT2D eigenvalue weighted by Crippen LogP contribution is -2.44. The molecule has 1 unspecified atom stereocenters. The molecule has 172 valence electrons. The minimum absolute atomic E-state index is 0.0986. The monoisotopic (exact) mass is 473 g/mol. The van der Waals surface area contributed by atoms with Gasteiger partial charge in [0.2, 0.25) is 0 Å². The van der Waals surface area contributed by atoms with Gasteiger partial charge >= 0.3 is 6.18 Å². The quantitative estimate of drug-likeness (QED) is 0.415. The van der Waals surface area contributed by atoms with Gasteiger partial charge in [-0.15, -0.1) is 11.3 Å². The van der Waals surface area contributed by atoms with Crippen LogP contribution in [0.4, 0.5) is 13.2 Å². The van der Waals surface area contributed by atoms with Crippen LogP contribution in [0, 0.1) is 18.8 Å². The summed E-state index contributed by atoms with van der Waals surface area (Å²) in [5, 5.41) is 6.61. The van der Waals surface area contributed by atoms with Crippen molar-refractivity contribution in [3.05, 3.63) is 63.6 Å². The zero-order valence-electron chi connectivity index (χ0n) is 17.9. The number of nitrogens with zero attached hydrogens (tertiary/aromatic N) is 5. The van der Waals surface area contributed by atoms with Gasteiger partial charge in [0, 0.05) is 34.9 Å². The first-order valence-corrected chi connectivity index (χ1v) is 11.4. The van der Waals surface area contributed by atoms with E-state index >= 15 is 0 Å². The predicted molar refractivity (Wildman–Crippen MR) is 118 cm³/mol. The molecular weight excluding hydrogens is 451 g/mol. The summed E-state index contributed by atoms with van der Waals surface area (Å²) < 4.78 is 40.0. The molecule has 1 aliphatic rings. The van der Waals surface area contributed by atoms with Crippen LogP contribution in [-0.4, -0.2) is 50.1 Å². The normalized spacial score (nSPS) is 16.2. The summed E-state index contributed by atoms with van der Waals surface area (Å²) in [7, 11) is 0. The Hall–Kier alpha value is -3.03. The summed E-state index contributed by atoms with van der Waals surface area (Å²) in [6.07, 6.45) is 1.33. The molecule has 0 bridgehead atoms. The van der Waals surface area contributed by atoms with Gasteiger partial charge in [-0.3, -0.25) is 14.6 Å². The average Bonchev–Trinajstić information content (AvgIpc) is 3.43. The van der Waals surface area contributed by atoms with Gasteiger partial charge in [-0.05, 0) is 57.0 Å². The molecule has 1 atom stereocenters. The Balaban J connectivity index is 1.36. The lowest BCUT2D eigenvalue weighted by molar-refractivity contribution is -0.141. The highest BCUT2D eigenvalue weighted by Crippen LogP contribution is 2.31. The van der Waals surface area contributed by atoms with Crippen LogP contribution in [0.3, 0.4) is 0 Å². The second kappa shape index (κ2) is 9.85. The van der Waals surface area contributed by atoms with Crippen LogP contribution in [0.1, 0.15) is 46.4 Å². The molecule has 4 heterocycles. The molecule has 3 aromatic rings. The molecule has 0 aromatic carbocycles. The number of hydrogen-bond acceptors (Lipinski definition) is 6. The second-order valence-corrected chi connectivity index (χ2v) is 8.82. The van der Waals surface area contributed by atoms with Crippen LogP contribution in [0.15, 0.2) is 36.0 Å². The summed E-state index contributed by atoms with van der Waals surface area (Å²) in [4.78, 5) is 22.4. The van der Waals surface area contributed by atoms with Crippen LogP contribution in [0.25, 0.3) is 0 Å². The van der Waals surface area contributed by atoms with E-state index in [-0.39, 0.29) is 12.5 Å². The molecule has 0 amide bonds. The number of likely N-dealkylation sites (tertiary alicyclic amines) is 1. The van der Waals surface area contributed by atoms with Crippen molar-refractivity contribution in [2.75, 3.05) is 13.1 Å². The summed E-state index contributed by atoms with van der Waals surface area (Å²) >= 11 is 1.58. The number of halogens is 3. The van der Waals surface area contributed by atoms with Crippen molar-refractivity contribution in [3.63, 3.8) is 0 Å². The van der Waals surface area contributed by atoms with Crippen molar-refractivity contribution < 1.29 is 18.0 Å². The van der Waals surface area contributed by atoms with Gasteiger partial charge < -0.3 is 4.79 Å². The number of alkyl halides is 3. The average molecular weight is 474 g/mol. The van der Waals surface area contributed by atoms with E-state index in [1.165, 1.54) is 4.68 Å². The minimum atomic E-state index is -4.50.